The van der Waals surface area contributed by atoms with E-state index < -0.39 is 29.4 Å². The summed E-state index contributed by atoms with van der Waals surface area (Å²) in [5.41, 5.74) is -1.13. The van der Waals surface area contributed by atoms with E-state index in [4.69, 9.17) is 9.47 Å². The van der Waals surface area contributed by atoms with Gasteiger partial charge < -0.3 is 39.7 Å². The van der Waals surface area contributed by atoms with Crippen LogP contribution in [0.25, 0.3) is 0 Å². The Labute approximate surface area is 324 Å². The molecule has 0 aliphatic carbocycles. The van der Waals surface area contributed by atoms with Crippen molar-refractivity contribution in [3.63, 3.8) is 0 Å². The molecule has 0 saturated carbocycles. The Hall–Kier alpha value is -3.58. The molecule has 2 aliphatic heterocycles. The van der Waals surface area contributed by atoms with Gasteiger partial charge in [0.15, 0.2) is 0 Å². The van der Waals surface area contributed by atoms with E-state index in [9.17, 15) is 28.8 Å². The number of hydrogen-bond acceptors (Lipinski definition) is 8. The lowest BCUT2D eigenvalue weighted by Gasteiger charge is -2.43. The molecule has 0 radical (unpaired) electrons. The van der Waals surface area contributed by atoms with Crippen LogP contribution in [0.4, 0.5) is 9.59 Å². The molecule has 0 aromatic heterocycles. The van der Waals surface area contributed by atoms with Crippen LogP contribution in [0.3, 0.4) is 0 Å². The van der Waals surface area contributed by atoms with Crippen LogP contribution in [-0.2, 0) is 28.7 Å². The molecule has 14 heteroatoms. The van der Waals surface area contributed by atoms with Gasteiger partial charge in [-0.1, -0.05) is 58.8 Å². The predicted molar refractivity (Wildman–Crippen MR) is 209 cm³/mol. The molecule has 0 aromatic rings. The molecule has 0 spiro atoms. The third kappa shape index (κ3) is 16.8. The topological polar surface area (TPSA) is 158 Å². The first kappa shape index (κ1) is 46.6. The molecule has 14 nitrogen and oxygen atoms in total. The van der Waals surface area contributed by atoms with Crippen molar-refractivity contribution in [3.8, 4) is 0 Å². The lowest BCUT2D eigenvalue weighted by molar-refractivity contribution is -0.161. The summed E-state index contributed by atoms with van der Waals surface area (Å²) in [5.74, 6) is -0.508. The predicted octanol–water partition coefficient (Wildman–Crippen LogP) is 5.47. The average Bonchev–Trinajstić information content (AvgIpc) is 3.08. The van der Waals surface area contributed by atoms with E-state index in [2.05, 4.69) is 10.6 Å². The average molecular weight is 765 g/mol. The van der Waals surface area contributed by atoms with Crippen LogP contribution in [0.5, 0.6) is 0 Å². The largest absolute Gasteiger partial charge is 0.444 e. The van der Waals surface area contributed by atoms with Crippen LogP contribution in [0.1, 0.15) is 139 Å². The molecule has 6 amide bonds. The van der Waals surface area contributed by atoms with Crippen molar-refractivity contribution in [2.24, 2.45) is 5.92 Å². The maximum absolute atomic E-state index is 13.7. The van der Waals surface area contributed by atoms with Crippen molar-refractivity contribution in [1.29, 1.82) is 0 Å². The maximum Gasteiger partial charge on any atom is 0.410 e. The number of carbonyl (C=O) groups excluding carboxylic acids is 6. The second-order valence-electron chi connectivity index (χ2n) is 17.0. The van der Waals surface area contributed by atoms with E-state index in [0.29, 0.717) is 65.0 Å². The fourth-order valence-corrected chi connectivity index (χ4v) is 6.75. The van der Waals surface area contributed by atoms with Gasteiger partial charge in [-0.25, -0.2) is 9.59 Å². The summed E-state index contributed by atoms with van der Waals surface area (Å²) in [6.07, 6.45) is 9.95. The number of nitrogens with zero attached hydrogens (tertiary/aromatic N) is 4. The Bertz CT molecular complexity index is 1220. The number of alkyl carbamates (subject to hydrolysis) is 1. The second-order valence-corrected chi connectivity index (χ2v) is 17.0. The SMILES string of the molecule is CCC(C)[C@H]1C(=O)N([C@@H](CCCCNC(=O)OC(C)(C)C)C(=O)NCCCCCCCCCCC(=O)N2CCN(C(=O)OC(C)(C)C)CC2)CC(=O)N1C. The van der Waals surface area contributed by atoms with Gasteiger partial charge in [-0.2, -0.15) is 0 Å². The van der Waals surface area contributed by atoms with Crippen molar-refractivity contribution in [2.45, 2.75) is 162 Å². The summed E-state index contributed by atoms with van der Waals surface area (Å²) >= 11 is 0. The zero-order chi connectivity index (χ0) is 40.5. The van der Waals surface area contributed by atoms with Crippen molar-refractivity contribution in [3.05, 3.63) is 0 Å². The molecule has 0 bridgehead atoms. The third-order valence-electron chi connectivity index (χ3n) is 9.99. The smallest absolute Gasteiger partial charge is 0.410 e. The van der Waals surface area contributed by atoms with Gasteiger partial charge in [0.1, 0.15) is 29.8 Å². The number of hydrogen-bond donors (Lipinski definition) is 2. The highest BCUT2D eigenvalue weighted by Gasteiger charge is 2.44. The van der Waals surface area contributed by atoms with Crippen LogP contribution in [-0.4, -0.2) is 132 Å². The number of carbonyl (C=O) groups is 6. The molecule has 54 heavy (non-hydrogen) atoms. The van der Waals surface area contributed by atoms with Crippen LogP contribution < -0.4 is 10.6 Å². The van der Waals surface area contributed by atoms with Gasteiger partial charge in [0, 0.05) is 52.7 Å². The molecule has 2 rings (SSSR count). The normalized spacial score (nSPS) is 18.0. The first-order valence-corrected chi connectivity index (χ1v) is 20.4. The standard InChI is InChI=1S/C40H72N6O8/c1-10-30(2)34-36(50)46(29-33(48)43(34)9)31(21-18-20-24-42-37(51)53-39(3,4)5)35(49)41-23-19-16-14-12-11-13-15-17-22-32(47)44-25-27-45(28-26-44)38(52)54-40(6,7)8/h30-31,34H,10-29H2,1-9H3,(H,41,49)(H,42,51)/t30?,31-,34-/m0/s1. The summed E-state index contributed by atoms with van der Waals surface area (Å²) in [6.45, 7) is 17.7. The quantitative estimate of drug-likeness (QED) is 0.155. The molecule has 310 valence electrons. The molecule has 3 atom stereocenters. The van der Waals surface area contributed by atoms with Crippen molar-refractivity contribution in [1.82, 2.24) is 30.2 Å². The molecular formula is C40H72N6O8. The zero-order valence-electron chi connectivity index (χ0n) is 34.9. The Balaban J connectivity index is 1.70. The highest BCUT2D eigenvalue weighted by molar-refractivity contribution is 5.98. The van der Waals surface area contributed by atoms with E-state index in [-0.39, 0.29) is 42.2 Å². The van der Waals surface area contributed by atoms with Gasteiger partial charge in [-0.05, 0) is 79.6 Å². The van der Waals surface area contributed by atoms with Gasteiger partial charge in [-0.15, -0.1) is 0 Å². The van der Waals surface area contributed by atoms with Gasteiger partial charge in [-0.3, -0.25) is 19.2 Å². The lowest BCUT2D eigenvalue weighted by atomic mass is 9.93. The monoisotopic (exact) mass is 765 g/mol. The molecule has 2 heterocycles. The Morgan fingerprint density at radius 3 is 1.83 bits per heavy atom. The minimum Gasteiger partial charge on any atom is -0.444 e. The minimum absolute atomic E-state index is 0.0431. The lowest BCUT2D eigenvalue weighted by Crippen LogP contribution is -2.64. The van der Waals surface area contributed by atoms with E-state index in [1.54, 1.807) is 32.7 Å². The van der Waals surface area contributed by atoms with Crippen LogP contribution >= 0.6 is 0 Å². The number of nitrogens with one attached hydrogen (secondary N) is 2. The van der Waals surface area contributed by atoms with Crippen LogP contribution in [0.15, 0.2) is 0 Å². The fraction of sp³-hybridized carbons (Fsp3) is 0.850. The Morgan fingerprint density at radius 1 is 0.741 bits per heavy atom. The van der Waals surface area contributed by atoms with Gasteiger partial charge in [0.25, 0.3) is 0 Å². The van der Waals surface area contributed by atoms with Gasteiger partial charge >= 0.3 is 12.2 Å². The molecule has 0 aromatic carbocycles. The van der Waals surface area contributed by atoms with Crippen molar-refractivity contribution < 1.29 is 38.2 Å². The molecule has 2 aliphatic rings. The fourth-order valence-electron chi connectivity index (χ4n) is 6.75. The summed E-state index contributed by atoms with van der Waals surface area (Å²) in [6, 6.07) is -1.37. The van der Waals surface area contributed by atoms with Crippen molar-refractivity contribution in [2.75, 3.05) is 52.9 Å². The number of rotatable bonds is 20. The minimum atomic E-state index is -0.767. The Morgan fingerprint density at radius 2 is 1.26 bits per heavy atom. The number of ether oxygens (including phenoxy) is 2. The highest BCUT2D eigenvalue weighted by Crippen LogP contribution is 2.24. The summed E-state index contributed by atoms with van der Waals surface area (Å²) in [7, 11) is 1.66. The van der Waals surface area contributed by atoms with E-state index in [1.807, 2.05) is 39.5 Å². The van der Waals surface area contributed by atoms with Gasteiger partial charge in [0.05, 0.1) is 0 Å². The summed E-state index contributed by atoms with van der Waals surface area (Å²) in [5, 5.41) is 5.77. The van der Waals surface area contributed by atoms with Crippen LogP contribution in [0, 0.1) is 5.92 Å². The molecular weight excluding hydrogens is 692 g/mol. The van der Waals surface area contributed by atoms with Crippen LogP contribution in [0.2, 0.25) is 0 Å². The summed E-state index contributed by atoms with van der Waals surface area (Å²) in [4.78, 5) is 83.7. The van der Waals surface area contributed by atoms with Gasteiger partial charge in [0.2, 0.25) is 23.6 Å². The first-order chi connectivity index (χ1) is 25.3. The molecule has 2 saturated heterocycles. The number of amides is 6. The van der Waals surface area contributed by atoms with E-state index in [0.717, 1.165) is 57.8 Å². The van der Waals surface area contributed by atoms with E-state index >= 15 is 0 Å². The summed E-state index contributed by atoms with van der Waals surface area (Å²) < 4.78 is 10.7. The molecule has 2 N–H and O–H groups in total. The van der Waals surface area contributed by atoms with E-state index in [1.165, 1.54) is 9.80 Å². The van der Waals surface area contributed by atoms with Crippen molar-refractivity contribution >= 4 is 35.8 Å². The highest BCUT2D eigenvalue weighted by atomic mass is 16.6. The maximum atomic E-state index is 13.7. The second kappa shape index (κ2) is 22.7. The molecule has 2 fully saturated rings. The molecule has 1 unspecified atom stereocenters. The third-order valence-corrected chi connectivity index (χ3v) is 9.99. The zero-order valence-corrected chi connectivity index (χ0v) is 34.9. The number of likely N-dealkylation sites (N-methyl/N-ethyl adjacent to an activating group) is 1. The first-order valence-electron chi connectivity index (χ1n) is 20.4. The Kier molecular flexibility index (Phi) is 19.6. The number of piperazine rings is 2. The number of unbranched alkanes of at least 4 members (excludes halogenated alkanes) is 8.